The van der Waals surface area contributed by atoms with Crippen molar-refractivity contribution in [3.63, 3.8) is 0 Å². The fraction of sp³-hybridized carbons (Fsp3) is 0.375. The summed E-state index contributed by atoms with van der Waals surface area (Å²) in [6, 6.07) is 5.77. The second-order valence-corrected chi connectivity index (χ2v) is 5.41. The third-order valence-corrected chi connectivity index (χ3v) is 3.67. The molecule has 1 aliphatic heterocycles. The summed E-state index contributed by atoms with van der Waals surface area (Å²) in [6.45, 7) is -0.797. The van der Waals surface area contributed by atoms with Gasteiger partial charge in [-0.1, -0.05) is 12.1 Å². The summed E-state index contributed by atoms with van der Waals surface area (Å²) in [7, 11) is 1.42. The van der Waals surface area contributed by atoms with Gasteiger partial charge in [0.05, 0.1) is 18.2 Å². The lowest BCUT2D eigenvalue weighted by Crippen LogP contribution is -2.37. The summed E-state index contributed by atoms with van der Waals surface area (Å²) in [4.78, 5) is 47.7. The first kappa shape index (κ1) is 18.4. The van der Waals surface area contributed by atoms with E-state index in [-0.39, 0.29) is 31.1 Å². The molecule has 2 rings (SSSR count). The lowest BCUT2D eigenvalue weighted by molar-refractivity contribution is -0.152. The summed E-state index contributed by atoms with van der Waals surface area (Å²) in [5, 5.41) is 4.60. The van der Waals surface area contributed by atoms with Crippen LogP contribution in [0.1, 0.15) is 6.42 Å². The monoisotopic (exact) mass is 351 g/mol. The number of nitrogens with zero attached hydrogens (tertiary/aromatic N) is 1. The summed E-state index contributed by atoms with van der Waals surface area (Å²) in [5.74, 6) is -3.47. The van der Waals surface area contributed by atoms with E-state index in [4.69, 9.17) is 4.74 Å². The van der Waals surface area contributed by atoms with Crippen molar-refractivity contribution in [1.29, 1.82) is 0 Å². The molecule has 1 aliphatic rings. The van der Waals surface area contributed by atoms with Crippen LogP contribution in [0.25, 0.3) is 0 Å². The number of hydrogen-bond acceptors (Lipinski definition) is 5. The van der Waals surface area contributed by atoms with Crippen LogP contribution in [0.4, 0.5) is 10.1 Å². The predicted molar refractivity (Wildman–Crippen MR) is 84.9 cm³/mol. The van der Waals surface area contributed by atoms with Gasteiger partial charge in [0.1, 0.15) is 5.82 Å². The average Bonchev–Trinajstić information content (AvgIpc) is 2.99. The van der Waals surface area contributed by atoms with E-state index in [2.05, 4.69) is 10.6 Å². The number of halogens is 1. The lowest BCUT2D eigenvalue weighted by atomic mass is 10.1. The van der Waals surface area contributed by atoms with Crippen LogP contribution >= 0.6 is 0 Å². The zero-order valence-corrected chi connectivity index (χ0v) is 13.6. The van der Waals surface area contributed by atoms with E-state index in [1.165, 1.54) is 30.1 Å². The van der Waals surface area contributed by atoms with Crippen molar-refractivity contribution >= 4 is 29.4 Å². The number of carbonyl (C=O) groups is 4. The Morgan fingerprint density at radius 2 is 2.00 bits per heavy atom. The minimum atomic E-state index is -0.779. The average molecular weight is 351 g/mol. The number of hydrogen-bond donors (Lipinski definition) is 2. The van der Waals surface area contributed by atoms with E-state index in [9.17, 15) is 23.6 Å². The van der Waals surface area contributed by atoms with Gasteiger partial charge in [-0.2, -0.15) is 0 Å². The predicted octanol–water partition coefficient (Wildman–Crippen LogP) is -0.416. The van der Waals surface area contributed by atoms with Gasteiger partial charge in [-0.3, -0.25) is 19.2 Å². The number of esters is 1. The Labute approximate surface area is 143 Å². The molecule has 9 heteroatoms. The van der Waals surface area contributed by atoms with Gasteiger partial charge in [-0.05, 0) is 12.1 Å². The molecule has 0 bridgehead atoms. The molecule has 134 valence electrons. The molecule has 8 nitrogen and oxygen atoms in total. The SMILES string of the molecule is CNC(=O)CNC(=O)COC(=O)[C@H]1CC(=O)N(c2ccccc2F)C1. The van der Waals surface area contributed by atoms with Crippen molar-refractivity contribution in [2.45, 2.75) is 6.42 Å². The Hall–Kier alpha value is -2.97. The number of ether oxygens (including phenoxy) is 1. The smallest absolute Gasteiger partial charge is 0.311 e. The van der Waals surface area contributed by atoms with Gasteiger partial charge in [-0.25, -0.2) is 4.39 Å². The van der Waals surface area contributed by atoms with Gasteiger partial charge < -0.3 is 20.3 Å². The van der Waals surface area contributed by atoms with Crippen LogP contribution < -0.4 is 15.5 Å². The molecule has 2 N–H and O–H groups in total. The number of amides is 3. The molecule has 1 atom stereocenters. The number of nitrogens with one attached hydrogen (secondary N) is 2. The minimum Gasteiger partial charge on any atom is -0.455 e. The first-order valence-electron chi connectivity index (χ1n) is 7.61. The van der Waals surface area contributed by atoms with Crippen molar-refractivity contribution in [2.24, 2.45) is 5.92 Å². The second kappa shape index (κ2) is 8.22. The molecular weight excluding hydrogens is 333 g/mol. The van der Waals surface area contributed by atoms with Gasteiger partial charge in [0, 0.05) is 20.0 Å². The Kier molecular flexibility index (Phi) is 6.04. The molecule has 0 unspecified atom stereocenters. The molecule has 25 heavy (non-hydrogen) atoms. The van der Waals surface area contributed by atoms with Crippen molar-refractivity contribution in [3.05, 3.63) is 30.1 Å². The van der Waals surface area contributed by atoms with Crippen LogP contribution in [-0.4, -0.2) is 50.4 Å². The molecule has 3 amide bonds. The molecule has 0 radical (unpaired) electrons. The van der Waals surface area contributed by atoms with Crippen LogP contribution in [0.15, 0.2) is 24.3 Å². The number of rotatable bonds is 6. The highest BCUT2D eigenvalue weighted by atomic mass is 19.1. The molecule has 0 saturated carbocycles. The van der Waals surface area contributed by atoms with Crippen LogP contribution in [-0.2, 0) is 23.9 Å². The van der Waals surface area contributed by atoms with E-state index in [1.54, 1.807) is 6.07 Å². The second-order valence-electron chi connectivity index (χ2n) is 5.41. The first-order valence-corrected chi connectivity index (χ1v) is 7.61. The molecular formula is C16H18FN3O5. The van der Waals surface area contributed by atoms with Crippen LogP contribution in [0.2, 0.25) is 0 Å². The number of likely N-dealkylation sites (N-methyl/N-ethyl adjacent to an activating group) is 1. The van der Waals surface area contributed by atoms with Gasteiger partial charge in [0.2, 0.25) is 11.8 Å². The van der Waals surface area contributed by atoms with E-state index in [0.29, 0.717) is 0 Å². The third kappa shape index (κ3) is 4.75. The highest BCUT2D eigenvalue weighted by molar-refractivity contribution is 5.99. The van der Waals surface area contributed by atoms with E-state index < -0.39 is 36.1 Å². The van der Waals surface area contributed by atoms with Crippen molar-refractivity contribution in [2.75, 3.05) is 31.6 Å². The van der Waals surface area contributed by atoms with E-state index in [0.717, 1.165) is 0 Å². The van der Waals surface area contributed by atoms with Gasteiger partial charge >= 0.3 is 5.97 Å². The van der Waals surface area contributed by atoms with Crippen LogP contribution in [0, 0.1) is 11.7 Å². The van der Waals surface area contributed by atoms with Gasteiger partial charge in [-0.15, -0.1) is 0 Å². The van der Waals surface area contributed by atoms with Crippen LogP contribution in [0.3, 0.4) is 0 Å². The van der Waals surface area contributed by atoms with Gasteiger partial charge in [0.15, 0.2) is 6.61 Å². The Bertz CT molecular complexity index is 694. The minimum absolute atomic E-state index is 0.0154. The number of carbonyl (C=O) groups excluding carboxylic acids is 4. The highest BCUT2D eigenvalue weighted by Crippen LogP contribution is 2.27. The highest BCUT2D eigenvalue weighted by Gasteiger charge is 2.37. The number of anilines is 1. The standard InChI is InChI=1S/C16H18FN3O5/c1-18-13(21)7-19-14(22)9-25-16(24)10-6-15(23)20(8-10)12-5-3-2-4-11(12)17/h2-5,10H,6-9H2,1H3,(H,18,21)(H,19,22)/t10-/m0/s1. The molecule has 1 saturated heterocycles. The zero-order chi connectivity index (χ0) is 18.4. The van der Waals surface area contributed by atoms with Crippen LogP contribution in [0.5, 0.6) is 0 Å². The maximum Gasteiger partial charge on any atom is 0.311 e. The summed E-state index contributed by atoms with van der Waals surface area (Å²) >= 11 is 0. The largest absolute Gasteiger partial charge is 0.455 e. The summed E-state index contributed by atoms with van der Waals surface area (Å²) in [6.07, 6.45) is -0.118. The quantitative estimate of drug-likeness (QED) is 0.678. The van der Waals surface area contributed by atoms with E-state index >= 15 is 0 Å². The van der Waals surface area contributed by atoms with Gasteiger partial charge in [0.25, 0.3) is 5.91 Å². The molecule has 0 spiro atoms. The maximum atomic E-state index is 13.8. The summed E-state index contributed by atoms with van der Waals surface area (Å²) in [5.41, 5.74) is 0.103. The summed E-state index contributed by atoms with van der Waals surface area (Å²) < 4.78 is 18.6. The fourth-order valence-corrected chi connectivity index (χ4v) is 2.34. The maximum absolute atomic E-state index is 13.8. The van der Waals surface area contributed by atoms with E-state index in [1.807, 2.05) is 0 Å². The van der Waals surface area contributed by atoms with Crippen molar-refractivity contribution < 1.29 is 28.3 Å². The first-order chi connectivity index (χ1) is 11.9. The lowest BCUT2D eigenvalue weighted by Gasteiger charge is -2.17. The normalized spacial score (nSPS) is 16.5. The van der Waals surface area contributed by atoms with Crippen molar-refractivity contribution in [1.82, 2.24) is 10.6 Å². The fourth-order valence-electron chi connectivity index (χ4n) is 2.34. The molecule has 0 aromatic heterocycles. The molecule has 1 aromatic carbocycles. The zero-order valence-electron chi connectivity index (χ0n) is 13.6. The Morgan fingerprint density at radius 3 is 2.68 bits per heavy atom. The third-order valence-electron chi connectivity index (χ3n) is 3.67. The topological polar surface area (TPSA) is 105 Å². The Balaban J connectivity index is 1.85. The number of para-hydroxylation sites is 1. The molecule has 1 fully saturated rings. The molecule has 1 heterocycles. The molecule has 1 aromatic rings. The number of benzene rings is 1. The molecule has 0 aliphatic carbocycles. The van der Waals surface area contributed by atoms with Crippen molar-refractivity contribution in [3.8, 4) is 0 Å². The Morgan fingerprint density at radius 1 is 1.28 bits per heavy atom.